The van der Waals surface area contributed by atoms with Gasteiger partial charge in [0.15, 0.2) is 5.05 Å². The lowest BCUT2D eigenvalue weighted by Gasteiger charge is -2.37. The van der Waals surface area contributed by atoms with E-state index in [1.165, 1.54) is 6.42 Å². The third-order valence-electron chi connectivity index (χ3n) is 4.74. The maximum Gasteiger partial charge on any atom is 0.317 e. The average Bonchev–Trinajstić information content (AvgIpc) is 2.45. The summed E-state index contributed by atoms with van der Waals surface area (Å²) in [4.78, 5) is 12.7. The largest absolute Gasteiger partial charge is 0.418 e. The van der Waals surface area contributed by atoms with Crippen molar-refractivity contribution in [1.29, 1.82) is 0 Å². The van der Waals surface area contributed by atoms with Crippen LogP contribution in [0.3, 0.4) is 0 Å². The van der Waals surface area contributed by atoms with Crippen molar-refractivity contribution in [1.82, 2.24) is 0 Å². The van der Waals surface area contributed by atoms with Crippen molar-refractivity contribution >= 4 is 23.2 Å². The van der Waals surface area contributed by atoms with Crippen LogP contribution in [0.1, 0.15) is 79.1 Å². The fourth-order valence-corrected chi connectivity index (χ4v) is 3.24. The fraction of sp³-hybridized carbons (Fsp3) is 0.882. The second-order valence-electron chi connectivity index (χ2n) is 6.59. The normalized spacial score (nSPS) is 18.3. The van der Waals surface area contributed by atoms with Gasteiger partial charge in [-0.15, -0.1) is 0 Å². The molecule has 0 aromatic heterocycles. The highest BCUT2D eigenvalue weighted by molar-refractivity contribution is 7.80. The van der Waals surface area contributed by atoms with Crippen LogP contribution in [0.5, 0.6) is 0 Å². The van der Waals surface area contributed by atoms with Gasteiger partial charge in [-0.25, -0.2) is 0 Å². The van der Waals surface area contributed by atoms with Gasteiger partial charge in [0, 0.05) is 5.92 Å². The van der Waals surface area contributed by atoms with Crippen molar-refractivity contribution < 1.29 is 9.53 Å². The van der Waals surface area contributed by atoms with Crippen molar-refractivity contribution in [3.63, 3.8) is 0 Å². The zero-order valence-corrected chi connectivity index (χ0v) is 14.4. The van der Waals surface area contributed by atoms with Crippen LogP contribution in [0, 0.1) is 17.3 Å². The van der Waals surface area contributed by atoms with Crippen LogP contribution in [0.25, 0.3) is 0 Å². The number of ether oxygens (including phenoxy) is 1. The zero-order valence-electron chi connectivity index (χ0n) is 13.5. The Balaban J connectivity index is 2.81. The van der Waals surface area contributed by atoms with Crippen LogP contribution in [0.2, 0.25) is 0 Å². The van der Waals surface area contributed by atoms with Crippen molar-refractivity contribution in [2.45, 2.75) is 79.1 Å². The molecule has 0 bridgehead atoms. The molecule has 1 saturated carbocycles. The molecule has 2 nitrogen and oxygen atoms in total. The van der Waals surface area contributed by atoms with E-state index in [9.17, 15) is 4.79 Å². The molecule has 0 aliphatic heterocycles. The van der Waals surface area contributed by atoms with Crippen LogP contribution in [-0.2, 0) is 9.53 Å². The van der Waals surface area contributed by atoms with Gasteiger partial charge in [-0.2, -0.15) is 0 Å². The number of esters is 1. The van der Waals surface area contributed by atoms with Crippen LogP contribution in [0.4, 0.5) is 0 Å². The molecule has 0 radical (unpaired) electrons. The van der Waals surface area contributed by atoms with Crippen molar-refractivity contribution in [2.75, 3.05) is 0 Å². The van der Waals surface area contributed by atoms with Crippen LogP contribution >= 0.6 is 12.2 Å². The van der Waals surface area contributed by atoms with E-state index >= 15 is 0 Å². The molecular weight excluding hydrogens is 268 g/mol. The first-order valence-electron chi connectivity index (χ1n) is 8.21. The molecule has 3 heteroatoms. The monoisotopic (exact) mass is 298 g/mol. The number of rotatable bonds is 6. The highest BCUT2D eigenvalue weighted by Gasteiger charge is 2.42. The first-order chi connectivity index (χ1) is 9.45. The lowest BCUT2D eigenvalue weighted by molar-refractivity contribution is -0.151. The van der Waals surface area contributed by atoms with Crippen molar-refractivity contribution in [3.05, 3.63) is 0 Å². The van der Waals surface area contributed by atoms with Gasteiger partial charge < -0.3 is 4.74 Å². The van der Waals surface area contributed by atoms with E-state index in [0.29, 0.717) is 11.0 Å². The van der Waals surface area contributed by atoms with Gasteiger partial charge in [0.1, 0.15) is 0 Å². The predicted octanol–water partition coefficient (Wildman–Crippen LogP) is 5.29. The molecule has 1 aliphatic rings. The molecule has 0 unspecified atom stereocenters. The fourth-order valence-electron chi connectivity index (χ4n) is 3.17. The molecule has 0 heterocycles. The molecule has 0 N–H and O–H groups in total. The first-order valence-corrected chi connectivity index (χ1v) is 8.62. The second-order valence-corrected chi connectivity index (χ2v) is 6.99. The second kappa shape index (κ2) is 8.11. The van der Waals surface area contributed by atoms with Crippen LogP contribution < -0.4 is 0 Å². The maximum absolute atomic E-state index is 12.7. The molecule has 1 aliphatic carbocycles. The molecule has 20 heavy (non-hydrogen) atoms. The van der Waals surface area contributed by atoms with Crippen molar-refractivity contribution in [3.8, 4) is 0 Å². The Bertz CT molecular complexity index is 326. The SMILES string of the molecule is CCC(CC)CC1(C(=O)OC(=S)C(C)C)CCCCC1. The Morgan fingerprint density at radius 1 is 1.15 bits per heavy atom. The Kier molecular flexibility index (Phi) is 7.14. The molecule has 0 amide bonds. The zero-order chi connectivity index (χ0) is 15.2. The summed E-state index contributed by atoms with van der Waals surface area (Å²) in [6.07, 6.45) is 8.73. The highest BCUT2D eigenvalue weighted by Crippen LogP contribution is 2.44. The van der Waals surface area contributed by atoms with E-state index in [0.717, 1.165) is 44.9 Å². The van der Waals surface area contributed by atoms with Gasteiger partial charge in [0.05, 0.1) is 5.41 Å². The quantitative estimate of drug-likeness (QED) is 0.492. The topological polar surface area (TPSA) is 26.3 Å². The van der Waals surface area contributed by atoms with E-state index in [-0.39, 0.29) is 17.3 Å². The van der Waals surface area contributed by atoms with E-state index in [2.05, 4.69) is 13.8 Å². The van der Waals surface area contributed by atoms with Gasteiger partial charge in [0.2, 0.25) is 0 Å². The van der Waals surface area contributed by atoms with Crippen LogP contribution in [0.15, 0.2) is 0 Å². The summed E-state index contributed by atoms with van der Waals surface area (Å²) < 4.78 is 5.54. The molecule has 0 aromatic rings. The Morgan fingerprint density at radius 2 is 1.70 bits per heavy atom. The van der Waals surface area contributed by atoms with Crippen LogP contribution in [-0.4, -0.2) is 11.0 Å². The summed E-state index contributed by atoms with van der Waals surface area (Å²) in [5.74, 6) is 0.693. The number of carbonyl (C=O) groups is 1. The summed E-state index contributed by atoms with van der Waals surface area (Å²) in [5, 5.41) is 0.449. The summed E-state index contributed by atoms with van der Waals surface area (Å²) in [6, 6.07) is 0. The number of hydrogen-bond acceptors (Lipinski definition) is 3. The Morgan fingerprint density at radius 3 is 2.15 bits per heavy atom. The molecular formula is C17H30O2S. The molecule has 0 aromatic carbocycles. The minimum atomic E-state index is -0.270. The summed E-state index contributed by atoms with van der Waals surface area (Å²) in [7, 11) is 0. The molecule has 116 valence electrons. The van der Waals surface area contributed by atoms with E-state index in [1.807, 2.05) is 13.8 Å². The van der Waals surface area contributed by atoms with Crippen molar-refractivity contribution in [2.24, 2.45) is 17.3 Å². The molecule has 0 atom stereocenters. The number of hydrogen-bond donors (Lipinski definition) is 0. The summed E-state index contributed by atoms with van der Waals surface area (Å²) in [6.45, 7) is 8.39. The highest BCUT2D eigenvalue weighted by atomic mass is 32.1. The Labute approximate surface area is 129 Å². The standard InChI is InChI=1S/C17H30O2S/c1-5-14(6-2)12-17(10-8-7-9-11-17)16(18)19-15(20)13(3)4/h13-14H,5-12H2,1-4H3. The molecule has 0 spiro atoms. The van der Waals surface area contributed by atoms with E-state index in [1.54, 1.807) is 0 Å². The number of carbonyl (C=O) groups excluding carboxylic acids is 1. The van der Waals surface area contributed by atoms with Gasteiger partial charge in [0.25, 0.3) is 0 Å². The summed E-state index contributed by atoms with van der Waals surface area (Å²) in [5.41, 5.74) is -0.270. The molecule has 0 saturated heterocycles. The Hall–Kier alpha value is -0.440. The third kappa shape index (κ3) is 4.54. The summed E-state index contributed by atoms with van der Waals surface area (Å²) >= 11 is 5.20. The molecule has 1 rings (SSSR count). The predicted molar refractivity (Wildman–Crippen MR) is 87.7 cm³/mol. The maximum atomic E-state index is 12.7. The van der Waals surface area contributed by atoms with Gasteiger partial charge in [-0.1, -0.05) is 59.8 Å². The van der Waals surface area contributed by atoms with E-state index in [4.69, 9.17) is 17.0 Å². The molecule has 1 fully saturated rings. The lowest BCUT2D eigenvalue weighted by atomic mass is 9.68. The average molecular weight is 298 g/mol. The van der Waals surface area contributed by atoms with E-state index < -0.39 is 0 Å². The minimum Gasteiger partial charge on any atom is -0.418 e. The first kappa shape index (κ1) is 17.6. The third-order valence-corrected chi connectivity index (χ3v) is 5.30. The van der Waals surface area contributed by atoms with Gasteiger partial charge >= 0.3 is 5.97 Å². The van der Waals surface area contributed by atoms with Gasteiger partial charge in [-0.05, 0) is 37.4 Å². The number of thiocarbonyl (C=S) groups is 1. The lowest BCUT2D eigenvalue weighted by Crippen LogP contribution is -2.38. The van der Waals surface area contributed by atoms with Gasteiger partial charge in [-0.3, -0.25) is 4.79 Å². The smallest absolute Gasteiger partial charge is 0.317 e. The minimum absolute atomic E-state index is 0.0530.